The van der Waals surface area contributed by atoms with Crippen LogP contribution in [-0.2, 0) is 0 Å². The highest BCUT2D eigenvalue weighted by Crippen LogP contribution is 2.29. The summed E-state index contributed by atoms with van der Waals surface area (Å²) < 4.78 is 50.4. The van der Waals surface area contributed by atoms with Crippen molar-refractivity contribution in [3.8, 4) is 0 Å². The van der Waals surface area contributed by atoms with Crippen LogP contribution in [0.25, 0.3) is 6.08 Å². The van der Waals surface area contributed by atoms with E-state index in [1.807, 2.05) is 0 Å². The van der Waals surface area contributed by atoms with E-state index >= 15 is 0 Å². The van der Waals surface area contributed by atoms with Crippen LogP contribution in [0.3, 0.4) is 0 Å². The first-order valence-corrected chi connectivity index (χ1v) is 6.93. The molecule has 0 aliphatic heterocycles. The SMILES string of the molecule is C=Cc1ccc(F)c(F)c1[N+](=O)[O-].O=[N+]([O-])c1c(Br)ccc(F)c1F. The molecule has 11 heteroatoms. The molecule has 0 fully saturated rings. The number of hydrogen-bond acceptors (Lipinski definition) is 4. The summed E-state index contributed by atoms with van der Waals surface area (Å²) in [5.74, 6) is -5.38. The standard InChI is InChI=1S/C8H5F2NO2.C6H2BrF2NO2/c1-2-5-3-4-6(9)7(10)8(5)11(12)13;7-3-1-2-4(8)5(9)6(3)10(11)12/h2-4H,1H2;1-2H. The van der Waals surface area contributed by atoms with Gasteiger partial charge in [-0.3, -0.25) is 20.2 Å². The first-order valence-electron chi connectivity index (χ1n) is 6.14. The molecule has 0 aliphatic carbocycles. The van der Waals surface area contributed by atoms with Crippen LogP contribution in [0.2, 0.25) is 0 Å². The zero-order chi connectivity index (χ0) is 19.3. The molecular formula is C14H7BrF4N2O4. The largest absolute Gasteiger partial charge is 0.321 e. The van der Waals surface area contributed by atoms with Crippen molar-refractivity contribution in [3.05, 3.63) is 84.4 Å². The smallest absolute Gasteiger partial charge is 0.258 e. The number of benzene rings is 2. The summed E-state index contributed by atoms with van der Waals surface area (Å²) in [5.41, 5.74) is -1.80. The molecule has 0 bridgehead atoms. The van der Waals surface area contributed by atoms with E-state index in [0.29, 0.717) is 0 Å². The van der Waals surface area contributed by atoms with E-state index in [2.05, 4.69) is 22.5 Å². The molecule has 0 radical (unpaired) electrons. The monoisotopic (exact) mass is 422 g/mol. The molecule has 2 aromatic rings. The van der Waals surface area contributed by atoms with Crippen LogP contribution < -0.4 is 0 Å². The molecule has 0 amide bonds. The molecule has 0 atom stereocenters. The van der Waals surface area contributed by atoms with Crippen molar-refractivity contribution in [1.29, 1.82) is 0 Å². The van der Waals surface area contributed by atoms with Crippen molar-refractivity contribution in [3.63, 3.8) is 0 Å². The molecule has 2 rings (SSSR count). The fourth-order valence-electron chi connectivity index (χ4n) is 1.59. The van der Waals surface area contributed by atoms with Gasteiger partial charge in [0.05, 0.1) is 19.9 Å². The van der Waals surface area contributed by atoms with E-state index in [4.69, 9.17) is 0 Å². The van der Waals surface area contributed by atoms with Crippen LogP contribution in [-0.4, -0.2) is 9.85 Å². The highest BCUT2D eigenvalue weighted by Gasteiger charge is 2.22. The maximum absolute atomic E-state index is 12.8. The van der Waals surface area contributed by atoms with Crippen molar-refractivity contribution in [2.45, 2.75) is 0 Å². The number of halogens is 5. The average Bonchev–Trinajstić information content (AvgIpc) is 2.53. The molecule has 2 aromatic carbocycles. The van der Waals surface area contributed by atoms with E-state index in [9.17, 15) is 37.8 Å². The minimum absolute atomic E-state index is 0.0381. The molecule has 0 saturated heterocycles. The summed E-state index contributed by atoms with van der Waals surface area (Å²) in [7, 11) is 0. The lowest BCUT2D eigenvalue weighted by atomic mass is 10.1. The Hall–Kier alpha value is -2.82. The zero-order valence-corrected chi connectivity index (χ0v) is 13.6. The second kappa shape index (κ2) is 8.33. The predicted molar refractivity (Wildman–Crippen MR) is 83.8 cm³/mol. The minimum atomic E-state index is -1.46. The first-order chi connectivity index (χ1) is 11.6. The van der Waals surface area contributed by atoms with Crippen molar-refractivity contribution in [2.75, 3.05) is 0 Å². The number of nitrogens with zero attached hydrogens (tertiary/aromatic N) is 2. The number of nitro groups is 2. The molecule has 0 saturated carbocycles. The van der Waals surface area contributed by atoms with Crippen LogP contribution in [0.15, 0.2) is 35.3 Å². The number of hydrogen-bond donors (Lipinski definition) is 0. The van der Waals surface area contributed by atoms with Gasteiger partial charge in [-0.15, -0.1) is 0 Å². The van der Waals surface area contributed by atoms with Crippen molar-refractivity contribution in [1.82, 2.24) is 0 Å². The molecule has 25 heavy (non-hydrogen) atoms. The molecule has 6 nitrogen and oxygen atoms in total. The van der Waals surface area contributed by atoms with Crippen LogP contribution in [0.1, 0.15) is 5.56 Å². The third kappa shape index (κ3) is 4.59. The predicted octanol–water partition coefficient (Wildman–Crippen LogP) is 5.15. The Morgan fingerprint density at radius 1 is 0.880 bits per heavy atom. The summed E-state index contributed by atoms with van der Waals surface area (Å²) in [6.45, 7) is 3.25. The van der Waals surface area contributed by atoms with Gasteiger partial charge in [0, 0.05) is 0 Å². The summed E-state index contributed by atoms with van der Waals surface area (Å²) in [6.07, 6.45) is 1.10. The Balaban J connectivity index is 0.000000251. The van der Waals surface area contributed by atoms with E-state index < -0.39 is 44.5 Å². The van der Waals surface area contributed by atoms with Gasteiger partial charge in [0.15, 0.2) is 11.6 Å². The normalized spacial score (nSPS) is 9.80. The van der Waals surface area contributed by atoms with Gasteiger partial charge in [0.25, 0.3) is 0 Å². The molecule has 0 N–H and O–H groups in total. The van der Waals surface area contributed by atoms with Gasteiger partial charge in [-0.25, -0.2) is 8.78 Å². The Bertz CT molecular complexity index is 861. The van der Waals surface area contributed by atoms with Crippen molar-refractivity contribution in [2.24, 2.45) is 0 Å². The van der Waals surface area contributed by atoms with Gasteiger partial charge in [0.2, 0.25) is 11.6 Å². The quantitative estimate of drug-likeness (QED) is 0.296. The van der Waals surface area contributed by atoms with Crippen LogP contribution in [0, 0.1) is 43.5 Å². The third-order valence-electron chi connectivity index (χ3n) is 2.71. The number of rotatable bonds is 3. The van der Waals surface area contributed by atoms with Crippen molar-refractivity contribution >= 4 is 33.4 Å². The van der Waals surface area contributed by atoms with E-state index in [-0.39, 0.29) is 10.0 Å². The Labute approximate surface area is 145 Å². The van der Waals surface area contributed by atoms with Crippen LogP contribution in [0.4, 0.5) is 28.9 Å². The lowest BCUT2D eigenvalue weighted by Crippen LogP contribution is -1.98. The topological polar surface area (TPSA) is 86.3 Å². The summed E-state index contributed by atoms with van der Waals surface area (Å²) in [5, 5.41) is 20.5. The Kier molecular flexibility index (Phi) is 6.74. The highest BCUT2D eigenvalue weighted by molar-refractivity contribution is 9.10. The summed E-state index contributed by atoms with van der Waals surface area (Å²) >= 11 is 2.73. The third-order valence-corrected chi connectivity index (χ3v) is 3.35. The molecule has 0 heterocycles. The molecular weight excluding hydrogens is 416 g/mol. The molecule has 132 valence electrons. The van der Waals surface area contributed by atoms with Crippen molar-refractivity contribution < 1.29 is 27.4 Å². The minimum Gasteiger partial charge on any atom is -0.258 e. The van der Waals surface area contributed by atoms with E-state index in [0.717, 1.165) is 30.3 Å². The molecule has 0 aromatic heterocycles. The lowest BCUT2D eigenvalue weighted by Gasteiger charge is -1.98. The van der Waals surface area contributed by atoms with Gasteiger partial charge in [-0.05, 0) is 40.2 Å². The summed E-state index contributed by atoms with van der Waals surface area (Å²) in [6, 6.07) is 3.81. The first kappa shape index (κ1) is 20.2. The van der Waals surface area contributed by atoms with Gasteiger partial charge >= 0.3 is 11.4 Å². The van der Waals surface area contributed by atoms with Gasteiger partial charge in [-0.2, -0.15) is 8.78 Å². The van der Waals surface area contributed by atoms with Crippen LogP contribution >= 0.6 is 15.9 Å². The zero-order valence-electron chi connectivity index (χ0n) is 12.0. The molecule has 0 aliphatic rings. The average molecular weight is 423 g/mol. The van der Waals surface area contributed by atoms with Crippen LogP contribution in [0.5, 0.6) is 0 Å². The van der Waals surface area contributed by atoms with Gasteiger partial charge < -0.3 is 0 Å². The van der Waals surface area contributed by atoms with E-state index in [1.165, 1.54) is 0 Å². The number of nitro benzene ring substituents is 2. The lowest BCUT2D eigenvalue weighted by molar-refractivity contribution is -0.388. The van der Waals surface area contributed by atoms with Gasteiger partial charge in [0.1, 0.15) is 0 Å². The highest BCUT2D eigenvalue weighted by atomic mass is 79.9. The molecule has 0 unspecified atom stereocenters. The second-order valence-electron chi connectivity index (χ2n) is 4.21. The fraction of sp³-hybridized carbons (Fsp3) is 0. The fourth-order valence-corrected chi connectivity index (χ4v) is 2.04. The Morgan fingerprint density at radius 2 is 1.32 bits per heavy atom. The summed E-state index contributed by atoms with van der Waals surface area (Å²) in [4.78, 5) is 18.5. The van der Waals surface area contributed by atoms with Gasteiger partial charge in [-0.1, -0.05) is 12.7 Å². The molecule has 0 spiro atoms. The van der Waals surface area contributed by atoms with E-state index in [1.54, 1.807) is 0 Å². The maximum atomic E-state index is 12.8. The Morgan fingerprint density at radius 3 is 1.72 bits per heavy atom. The second-order valence-corrected chi connectivity index (χ2v) is 5.06. The maximum Gasteiger partial charge on any atom is 0.321 e.